The molecule has 0 bridgehead atoms. The molecular formula is C15H19ClN2S. The van der Waals surface area contributed by atoms with Crippen LogP contribution >= 0.6 is 22.9 Å². The molecule has 19 heavy (non-hydrogen) atoms. The Morgan fingerprint density at radius 2 is 2.05 bits per heavy atom. The Balaban J connectivity index is 2.20. The molecule has 2 nitrogen and oxygen atoms in total. The number of aromatic nitrogens is 1. The van der Waals surface area contributed by atoms with Crippen molar-refractivity contribution in [2.75, 3.05) is 0 Å². The first-order valence-corrected chi connectivity index (χ1v) is 7.58. The molecule has 102 valence electrons. The predicted octanol–water partition coefficient (Wildman–Crippen LogP) is 4.14. The molecule has 0 aliphatic heterocycles. The fourth-order valence-corrected chi connectivity index (χ4v) is 3.07. The van der Waals surface area contributed by atoms with E-state index in [2.05, 4.69) is 26.2 Å². The summed E-state index contributed by atoms with van der Waals surface area (Å²) in [4.78, 5) is 4.70. The van der Waals surface area contributed by atoms with Crippen molar-refractivity contribution >= 4 is 22.9 Å². The van der Waals surface area contributed by atoms with E-state index in [1.165, 1.54) is 0 Å². The number of hydrogen-bond acceptors (Lipinski definition) is 3. The highest BCUT2D eigenvalue weighted by Gasteiger charge is 2.17. The van der Waals surface area contributed by atoms with E-state index in [1.807, 2.05) is 18.2 Å². The van der Waals surface area contributed by atoms with E-state index in [0.29, 0.717) is 6.54 Å². The first kappa shape index (κ1) is 14.5. The molecule has 1 aromatic carbocycles. The van der Waals surface area contributed by atoms with Gasteiger partial charge in [-0.1, -0.05) is 44.5 Å². The minimum atomic E-state index is 0.0992. The van der Waals surface area contributed by atoms with Gasteiger partial charge in [0.1, 0.15) is 0 Å². The summed E-state index contributed by atoms with van der Waals surface area (Å²) in [6.45, 7) is 7.05. The lowest BCUT2D eigenvalue weighted by molar-refractivity contribution is 0.571. The van der Waals surface area contributed by atoms with Crippen molar-refractivity contribution in [3.63, 3.8) is 0 Å². The summed E-state index contributed by atoms with van der Waals surface area (Å²) in [5, 5.41) is 4.01. The van der Waals surface area contributed by atoms with Gasteiger partial charge in [-0.3, -0.25) is 0 Å². The minimum absolute atomic E-state index is 0.0992. The summed E-state index contributed by atoms with van der Waals surface area (Å²) in [6.07, 6.45) is 0.782. The third kappa shape index (κ3) is 3.56. The predicted molar refractivity (Wildman–Crippen MR) is 83.0 cm³/mol. The molecule has 0 spiro atoms. The smallest absolute Gasteiger partial charge is 0.0972 e. The van der Waals surface area contributed by atoms with Crippen molar-refractivity contribution in [2.45, 2.75) is 39.2 Å². The lowest BCUT2D eigenvalue weighted by Crippen LogP contribution is -2.11. The van der Waals surface area contributed by atoms with E-state index >= 15 is 0 Å². The molecule has 1 aromatic heterocycles. The average Bonchev–Trinajstić information content (AvgIpc) is 2.80. The first-order chi connectivity index (χ1) is 8.90. The number of rotatable bonds is 3. The van der Waals surface area contributed by atoms with Crippen molar-refractivity contribution in [1.82, 2.24) is 4.98 Å². The zero-order chi connectivity index (χ0) is 14.0. The molecule has 0 radical (unpaired) electrons. The third-order valence-corrected chi connectivity index (χ3v) is 4.22. The van der Waals surface area contributed by atoms with E-state index in [9.17, 15) is 0 Å². The fourth-order valence-electron chi connectivity index (χ4n) is 1.76. The molecule has 2 aromatic rings. The second-order valence-corrected chi connectivity index (χ2v) is 7.03. The fraction of sp³-hybridized carbons (Fsp3) is 0.400. The van der Waals surface area contributed by atoms with Crippen LogP contribution in [0.4, 0.5) is 0 Å². The Bertz CT molecular complexity index is 570. The molecule has 2 rings (SSSR count). The molecule has 0 aliphatic carbocycles. The number of hydrogen-bond donors (Lipinski definition) is 1. The molecule has 0 unspecified atom stereocenters. The van der Waals surface area contributed by atoms with Gasteiger partial charge in [0.05, 0.1) is 10.7 Å². The van der Waals surface area contributed by atoms with Crippen molar-refractivity contribution < 1.29 is 0 Å². The van der Waals surface area contributed by atoms with Crippen LogP contribution in [0.3, 0.4) is 0 Å². The van der Waals surface area contributed by atoms with Crippen LogP contribution in [0.2, 0.25) is 5.02 Å². The van der Waals surface area contributed by atoms with Crippen molar-refractivity contribution in [3.05, 3.63) is 50.4 Å². The van der Waals surface area contributed by atoms with Crippen LogP contribution in [-0.4, -0.2) is 4.98 Å². The lowest BCUT2D eigenvalue weighted by atomic mass is 9.93. The molecule has 0 fully saturated rings. The van der Waals surface area contributed by atoms with Crippen LogP contribution in [0.1, 0.15) is 42.6 Å². The van der Waals surface area contributed by atoms with Gasteiger partial charge in [0.15, 0.2) is 0 Å². The molecule has 0 saturated heterocycles. The average molecular weight is 295 g/mol. The number of benzene rings is 1. The van der Waals surface area contributed by atoms with Gasteiger partial charge in [-0.2, -0.15) is 0 Å². The Morgan fingerprint density at radius 3 is 2.58 bits per heavy atom. The Labute approximate surface area is 123 Å². The number of thiazole rings is 1. The highest BCUT2D eigenvalue weighted by atomic mass is 35.5. The van der Waals surface area contributed by atoms with Crippen LogP contribution < -0.4 is 5.73 Å². The van der Waals surface area contributed by atoms with E-state index in [1.54, 1.807) is 11.3 Å². The van der Waals surface area contributed by atoms with Crippen LogP contribution in [0.5, 0.6) is 0 Å². The quantitative estimate of drug-likeness (QED) is 0.924. The molecule has 1 heterocycles. The van der Waals surface area contributed by atoms with E-state index in [0.717, 1.165) is 33.3 Å². The van der Waals surface area contributed by atoms with Gasteiger partial charge in [-0.05, 0) is 17.2 Å². The number of nitrogens with two attached hydrogens (primary N) is 1. The van der Waals surface area contributed by atoms with Crippen LogP contribution in [0.25, 0.3) is 0 Å². The summed E-state index contributed by atoms with van der Waals surface area (Å²) in [7, 11) is 0. The molecule has 0 saturated carbocycles. The molecule has 0 atom stereocenters. The van der Waals surface area contributed by atoms with Gasteiger partial charge < -0.3 is 5.73 Å². The maximum absolute atomic E-state index is 6.28. The Hall–Kier alpha value is -0.900. The molecule has 4 heteroatoms. The van der Waals surface area contributed by atoms with E-state index in [-0.39, 0.29) is 5.41 Å². The Kier molecular flexibility index (Phi) is 4.29. The molecule has 0 aliphatic rings. The highest BCUT2D eigenvalue weighted by molar-refractivity contribution is 7.09. The highest BCUT2D eigenvalue weighted by Crippen LogP contribution is 2.27. The summed E-state index contributed by atoms with van der Waals surface area (Å²) in [5.41, 5.74) is 9.01. The zero-order valence-electron chi connectivity index (χ0n) is 11.5. The minimum Gasteiger partial charge on any atom is -0.326 e. The first-order valence-electron chi connectivity index (χ1n) is 6.32. The second-order valence-electron chi connectivity index (χ2n) is 5.68. The van der Waals surface area contributed by atoms with Crippen molar-refractivity contribution in [2.24, 2.45) is 5.73 Å². The molecule has 2 N–H and O–H groups in total. The lowest BCUT2D eigenvalue weighted by Gasteiger charge is -2.14. The third-order valence-electron chi connectivity index (χ3n) is 3.02. The van der Waals surface area contributed by atoms with Gasteiger partial charge in [-0.15, -0.1) is 11.3 Å². The van der Waals surface area contributed by atoms with Gasteiger partial charge >= 0.3 is 0 Å². The van der Waals surface area contributed by atoms with E-state index < -0.39 is 0 Å². The zero-order valence-corrected chi connectivity index (χ0v) is 13.1. The normalized spacial score (nSPS) is 11.8. The van der Waals surface area contributed by atoms with Crippen molar-refractivity contribution in [1.29, 1.82) is 0 Å². The largest absolute Gasteiger partial charge is 0.326 e. The van der Waals surface area contributed by atoms with Gasteiger partial charge in [0.2, 0.25) is 0 Å². The van der Waals surface area contributed by atoms with Crippen LogP contribution in [-0.2, 0) is 18.4 Å². The summed E-state index contributed by atoms with van der Waals surface area (Å²) in [6, 6.07) is 6.01. The summed E-state index contributed by atoms with van der Waals surface area (Å²) >= 11 is 7.97. The van der Waals surface area contributed by atoms with Gasteiger partial charge in [0.25, 0.3) is 0 Å². The monoisotopic (exact) mass is 294 g/mol. The number of halogens is 1. The molecular weight excluding hydrogens is 276 g/mol. The maximum Gasteiger partial charge on any atom is 0.0972 e. The topological polar surface area (TPSA) is 38.9 Å². The van der Waals surface area contributed by atoms with Gasteiger partial charge in [0, 0.05) is 28.8 Å². The second kappa shape index (κ2) is 5.61. The molecule has 0 amide bonds. The SMILES string of the molecule is CC(C)(C)c1csc(Cc2ccc(CN)cc2Cl)n1. The summed E-state index contributed by atoms with van der Waals surface area (Å²) in [5.74, 6) is 0. The maximum atomic E-state index is 6.28. The van der Waals surface area contributed by atoms with Crippen LogP contribution in [0.15, 0.2) is 23.6 Å². The Morgan fingerprint density at radius 1 is 1.32 bits per heavy atom. The summed E-state index contributed by atoms with van der Waals surface area (Å²) < 4.78 is 0. The van der Waals surface area contributed by atoms with E-state index in [4.69, 9.17) is 22.3 Å². The number of nitrogens with zero attached hydrogens (tertiary/aromatic N) is 1. The standard InChI is InChI=1S/C15H19ClN2S/c1-15(2,3)13-9-19-14(18-13)7-11-5-4-10(8-17)6-12(11)16/h4-6,9H,7-8,17H2,1-3H3. The van der Waals surface area contributed by atoms with Gasteiger partial charge in [-0.25, -0.2) is 4.98 Å². The van der Waals surface area contributed by atoms with Crippen molar-refractivity contribution in [3.8, 4) is 0 Å². The van der Waals surface area contributed by atoms with Crippen LogP contribution in [0, 0.1) is 0 Å².